The predicted octanol–water partition coefficient (Wildman–Crippen LogP) is 3.51. The van der Waals surface area contributed by atoms with E-state index >= 15 is 0 Å². The average molecular weight is 417 g/mol. The molecule has 0 fully saturated rings. The molecule has 1 amide bonds. The van der Waals surface area contributed by atoms with Gasteiger partial charge < -0.3 is 19.3 Å². The smallest absolute Gasteiger partial charge is 0.408 e. The van der Waals surface area contributed by atoms with Gasteiger partial charge in [-0.1, -0.05) is 60.7 Å². The number of esters is 1. The van der Waals surface area contributed by atoms with Crippen molar-refractivity contribution in [1.29, 1.82) is 0 Å². The van der Waals surface area contributed by atoms with Gasteiger partial charge in [-0.2, -0.15) is 0 Å². The van der Waals surface area contributed by atoms with Crippen molar-refractivity contribution < 1.29 is 23.6 Å². The lowest BCUT2D eigenvalue weighted by Crippen LogP contribution is -2.50. The fourth-order valence-corrected chi connectivity index (χ4v) is 4.44. The van der Waals surface area contributed by atoms with E-state index in [1.54, 1.807) is 27.7 Å². The van der Waals surface area contributed by atoms with Gasteiger partial charge in [-0.3, -0.25) is 0 Å². The number of hydrogen-bond donors (Lipinski definition) is 1. The molecule has 2 rings (SSSR count). The highest BCUT2D eigenvalue weighted by molar-refractivity contribution is 7.68. The fraction of sp³-hybridized carbons (Fsp3) is 0.364. The molecule has 2 atom stereocenters. The van der Waals surface area contributed by atoms with Crippen molar-refractivity contribution in [3.63, 3.8) is 0 Å². The summed E-state index contributed by atoms with van der Waals surface area (Å²) in [6, 6.07) is 18.6. The summed E-state index contributed by atoms with van der Waals surface area (Å²) in [5.74, 6) is -0.598. The zero-order valence-electron chi connectivity index (χ0n) is 17.4. The molecule has 0 unspecified atom stereocenters. The van der Waals surface area contributed by atoms with Gasteiger partial charge >= 0.3 is 12.1 Å². The molecule has 0 aliphatic heterocycles. The second-order valence-electron chi connectivity index (χ2n) is 7.42. The third-order valence-corrected chi connectivity index (χ3v) is 5.93. The van der Waals surface area contributed by atoms with Gasteiger partial charge in [0.15, 0.2) is 6.04 Å². The number of ether oxygens (including phenoxy) is 2. The van der Waals surface area contributed by atoms with E-state index in [0.717, 1.165) is 10.6 Å². The molecular weight excluding hydrogens is 389 g/mol. The van der Waals surface area contributed by atoms with E-state index in [-0.39, 0.29) is 0 Å². The van der Waals surface area contributed by atoms with Crippen molar-refractivity contribution >= 4 is 30.8 Å². The van der Waals surface area contributed by atoms with Crippen molar-refractivity contribution in [2.45, 2.75) is 45.4 Å². The highest BCUT2D eigenvalue weighted by atomic mass is 31.1. The van der Waals surface area contributed by atoms with Crippen molar-refractivity contribution in [3.05, 3.63) is 60.7 Å². The normalized spacial score (nSPS) is 13.4. The second-order valence-corrected chi connectivity index (χ2v) is 9.26. The number of amides is 1. The van der Waals surface area contributed by atoms with Crippen LogP contribution >= 0.6 is 8.15 Å². The molecule has 29 heavy (non-hydrogen) atoms. The number of carbonyl (C=O) groups excluding carboxylic acids is 2. The molecule has 0 heterocycles. The molecule has 7 heteroatoms. The lowest BCUT2D eigenvalue weighted by atomic mass is 10.2. The van der Waals surface area contributed by atoms with E-state index in [1.165, 1.54) is 7.11 Å². The summed E-state index contributed by atoms with van der Waals surface area (Å²) >= 11 is 0. The SMILES string of the molecule is COC(=O)[C@@H](NC(=O)OC(C)(C)C)[C@@H](C)OP(c1ccccc1)c1ccccc1. The average Bonchev–Trinajstić information content (AvgIpc) is 2.69. The Balaban J connectivity index is 2.25. The first-order valence-corrected chi connectivity index (χ1v) is 10.6. The summed E-state index contributed by atoms with van der Waals surface area (Å²) in [6.07, 6.45) is -1.35. The van der Waals surface area contributed by atoms with Crippen molar-refractivity contribution in [2.24, 2.45) is 0 Å². The second kappa shape index (κ2) is 10.4. The van der Waals surface area contributed by atoms with Crippen molar-refractivity contribution in [1.82, 2.24) is 5.32 Å². The molecule has 0 aliphatic carbocycles. The monoisotopic (exact) mass is 417 g/mol. The van der Waals surface area contributed by atoms with E-state index in [2.05, 4.69) is 5.32 Å². The maximum atomic E-state index is 12.3. The lowest BCUT2D eigenvalue weighted by molar-refractivity contribution is -0.145. The Labute approximate surface area is 173 Å². The third-order valence-electron chi connectivity index (χ3n) is 3.85. The number of methoxy groups -OCH3 is 1. The standard InChI is InChI=1S/C22H28NO5P/c1-16(19(20(24)26-5)23-21(25)27-22(2,3)4)28-29(17-12-8-6-9-13-17)18-14-10-7-11-15-18/h6-16,19H,1-5H3,(H,23,25)/t16-,19+/m1/s1. The molecule has 0 radical (unpaired) electrons. The van der Waals surface area contributed by atoms with Gasteiger partial charge in [0, 0.05) is 10.6 Å². The third kappa shape index (κ3) is 7.15. The van der Waals surface area contributed by atoms with Crippen LogP contribution in [0.15, 0.2) is 60.7 Å². The number of alkyl carbamates (subject to hydrolysis) is 1. The Morgan fingerprint density at radius 1 is 0.931 bits per heavy atom. The summed E-state index contributed by atoms with van der Waals surface area (Å²) in [4.78, 5) is 24.6. The van der Waals surface area contributed by atoms with Crippen LogP contribution in [-0.4, -0.2) is 36.9 Å². The lowest BCUT2D eigenvalue weighted by Gasteiger charge is -2.29. The molecule has 2 aromatic carbocycles. The van der Waals surface area contributed by atoms with Gasteiger partial charge in [0.05, 0.1) is 21.4 Å². The van der Waals surface area contributed by atoms with Gasteiger partial charge in [-0.15, -0.1) is 0 Å². The van der Waals surface area contributed by atoms with Crippen molar-refractivity contribution in [2.75, 3.05) is 7.11 Å². The summed E-state index contributed by atoms with van der Waals surface area (Å²) in [7, 11) is 0.0696. The number of carbonyl (C=O) groups is 2. The van der Waals surface area contributed by atoms with E-state index in [1.807, 2.05) is 60.7 Å². The quantitative estimate of drug-likeness (QED) is 0.551. The predicted molar refractivity (Wildman–Crippen MR) is 115 cm³/mol. The van der Waals surface area contributed by atoms with Crippen LogP contribution in [0.1, 0.15) is 27.7 Å². The van der Waals surface area contributed by atoms with Crippen LogP contribution in [0.4, 0.5) is 4.79 Å². The topological polar surface area (TPSA) is 73.9 Å². The van der Waals surface area contributed by atoms with Gasteiger partial charge in [0.25, 0.3) is 0 Å². The summed E-state index contributed by atoms with van der Waals surface area (Å²) in [5.41, 5.74) is -0.685. The first-order valence-electron chi connectivity index (χ1n) is 9.35. The van der Waals surface area contributed by atoms with Crippen LogP contribution in [0.25, 0.3) is 0 Å². The Morgan fingerprint density at radius 2 is 1.41 bits per heavy atom. The Kier molecular flexibility index (Phi) is 8.18. The molecule has 1 N–H and O–H groups in total. The zero-order chi connectivity index (χ0) is 21.4. The first-order chi connectivity index (χ1) is 13.7. The van der Waals surface area contributed by atoms with Crippen LogP contribution in [-0.2, 0) is 18.8 Å². The van der Waals surface area contributed by atoms with Crippen LogP contribution in [0, 0.1) is 0 Å². The van der Waals surface area contributed by atoms with E-state index in [4.69, 9.17) is 14.0 Å². The highest BCUT2D eigenvalue weighted by Gasteiger charge is 2.33. The Bertz CT molecular complexity index is 752. The molecule has 0 bridgehead atoms. The van der Waals surface area contributed by atoms with Crippen LogP contribution < -0.4 is 15.9 Å². The summed E-state index contributed by atoms with van der Waals surface area (Å²) < 4.78 is 16.5. The molecule has 156 valence electrons. The van der Waals surface area contributed by atoms with E-state index < -0.39 is 38.0 Å². The van der Waals surface area contributed by atoms with Gasteiger partial charge in [-0.05, 0) is 27.7 Å². The van der Waals surface area contributed by atoms with Crippen molar-refractivity contribution in [3.8, 4) is 0 Å². The van der Waals surface area contributed by atoms with Crippen LogP contribution in [0.5, 0.6) is 0 Å². The van der Waals surface area contributed by atoms with E-state index in [9.17, 15) is 9.59 Å². The van der Waals surface area contributed by atoms with Gasteiger partial charge in [0.1, 0.15) is 5.60 Å². The van der Waals surface area contributed by atoms with Crippen LogP contribution in [0.2, 0.25) is 0 Å². The molecule has 0 spiro atoms. The Morgan fingerprint density at radius 3 is 1.83 bits per heavy atom. The summed E-state index contributed by atoms with van der Waals surface area (Å²) in [5, 5.41) is 4.58. The minimum atomic E-state index is -1.20. The number of nitrogens with one attached hydrogen (secondary N) is 1. The molecule has 2 aromatic rings. The first kappa shape index (κ1) is 22.9. The van der Waals surface area contributed by atoms with Gasteiger partial charge in [0.2, 0.25) is 0 Å². The summed E-state index contributed by atoms with van der Waals surface area (Å²) in [6.45, 7) is 7.00. The maximum absolute atomic E-state index is 12.3. The Hall–Kier alpha value is -2.43. The zero-order valence-corrected chi connectivity index (χ0v) is 18.3. The minimum absolute atomic E-state index is 0.598. The molecule has 0 saturated carbocycles. The van der Waals surface area contributed by atoms with E-state index in [0.29, 0.717) is 0 Å². The van der Waals surface area contributed by atoms with Gasteiger partial charge in [-0.25, -0.2) is 9.59 Å². The molecule has 0 saturated heterocycles. The number of rotatable bonds is 7. The number of hydrogen-bond acceptors (Lipinski definition) is 5. The number of benzene rings is 2. The highest BCUT2D eigenvalue weighted by Crippen LogP contribution is 2.37. The maximum Gasteiger partial charge on any atom is 0.408 e. The molecule has 0 aliphatic rings. The molecule has 6 nitrogen and oxygen atoms in total. The molecule has 0 aromatic heterocycles. The van der Waals surface area contributed by atoms with Crippen LogP contribution in [0.3, 0.4) is 0 Å². The molecular formula is C22H28NO5P. The minimum Gasteiger partial charge on any atom is -0.467 e. The largest absolute Gasteiger partial charge is 0.467 e. The fourth-order valence-electron chi connectivity index (χ4n) is 2.55.